The number of alkyl halides is 2. The fourth-order valence-electron chi connectivity index (χ4n) is 4.54. The van der Waals surface area contributed by atoms with E-state index in [9.17, 15) is 18.4 Å². The highest BCUT2D eigenvalue weighted by Gasteiger charge is 2.47. The monoisotopic (exact) mass is 535 g/mol. The van der Waals surface area contributed by atoms with Crippen LogP contribution in [-0.4, -0.2) is 85.5 Å². The molecule has 2 N–H and O–H groups in total. The van der Waals surface area contributed by atoms with Gasteiger partial charge in [-0.15, -0.1) is 0 Å². The van der Waals surface area contributed by atoms with Crippen LogP contribution in [0.2, 0.25) is 0 Å². The van der Waals surface area contributed by atoms with Crippen molar-refractivity contribution >= 4 is 35.0 Å². The summed E-state index contributed by atoms with van der Waals surface area (Å²) in [5, 5.41) is 5.73. The van der Waals surface area contributed by atoms with Crippen LogP contribution in [0.15, 0.2) is 18.3 Å². The van der Waals surface area contributed by atoms with Crippen molar-refractivity contribution in [3.63, 3.8) is 0 Å². The van der Waals surface area contributed by atoms with Crippen molar-refractivity contribution in [2.75, 3.05) is 56.0 Å². The predicted octanol–water partition coefficient (Wildman–Crippen LogP) is 3.02. The number of rotatable bonds is 6. The molecule has 38 heavy (non-hydrogen) atoms. The number of likely N-dealkylation sites (tertiary alicyclic amines) is 1. The third kappa shape index (κ3) is 5.47. The highest BCUT2D eigenvalue weighted by atomic mass is 19.3. The molecule has 1 aromatic carbocycles. The molecular formula is C25H32F3N7O3. The van der Waals surface area contributed by atoms with Crippen molar-refractivity contribution in [2.45, 2.75) is 44.7 Å². The van der Waals surface area contributed by atoms with E-state index in [4.69, 9.17) is 4.74 Å². The first-order valence-corrected chi connectivity index (χ1v) is 12.3. The molecule has 13 heteroatoms. The first-order chi connectivity index (χ1) is 17.9. The first kappa shape index (κ1) is 27.4. The van der Waals surface area contributed by atoms with E-state index < -0.39 is 36.1 Å². The van der Waals surface area contributed by atoms with Crippen molar-refractivity contribution in [3.05, 3.63) is 29.7 Å². The molecule has 0 aliphatic carbocycles. The number of nitrogens with one attached hydrogen (secondary N) is 2. The van der Waals surface area contributed by atoms with E-state index >= 15 is 4.39 Å². The predicted molar refractivity (Wildman–Crippen MR) is 137 cm³/mol. The van der Waals surface area contributed by atoms with Gasteiger partial charge in [-0.1, -0.05) is 0 Å². The van der Waals surface area contributed by atoms with E-state index in [2.05, 4.69) is 25.5 Å². The van der Waals surface area contributed by atoms with Gasteiger partial charge < -0.3 is 30.1 Å². The summed E-state index contributed by atoms with van der Waals surface area (Å²) in [6.07, 6.45) is 2.80. The molecule has 0 radical (unpaired) electrons. The Morgan fingerprint density at radius 2 is 1.89 bits per heavy atom. The topological polar surface area (TPSA) is 103 Å². The van der Waals surface area contributed by atoms with E-state index in [1.54, 1.807) is 13.8 Å². The second-order valence-electron chi connectivity index (χ2n) is 9.90. The van der Waals surface area contributed by atoms with Gasteiger partial charge in [0.1, 0.15) is 17.3 Å². The third-order valence-electron chi connectivity index (χ3n) is 6.83. The zero-order valence-electron chi connectivity index (χ0n) is 22.0. The molecule has 1 saturated heterocycles. The summed E-state index contributed by atoms with van der Waals surface area (Å²) in [5.41, 5.74) is 0.0910. The van der Waals surface area contributed by atoms with E-state index in [1.165, 1.54) is 31.3 Å². The van der Waals surface area contributed by atoms with Crippen LogP contribution in [0.4, 0.5) is 36.3 Å². The molecule has 0 bridgehead atoms. The Kier molecular flexibility index (Phi) is 7.68. The summed E-state index contributed by atoms with van der Waals surface area (Å²) in [7, 11) is 4.62. The molecular weight excluding hydrogens is 503 g/mol. The maximum Gasteiger partial charge on any atom is 0.342 e. The molecule has 1 aromatic heterocycles. The van der Waals surface area contributed by atoms with Gasteiger partial charge in [0, 0.05) is 25.2 Å². The number of nitrogens with zero attached hydrogens (tertiary/aromatic N) is 5. The van der Waals surface area contributed by atoms with Crippen molar-refractivity contribution in [1.82, 2.24) is 20.2 Å². The summed E-state index contributed by atoms with van der Waals surface area (Å²) in [6, 6.07) is 1.94. The van der Waals surface area contributed by atoms with Crippen molar-refractivity contribution < 1.29 is 27.5 Å². The minimum absolute atomic E-state index is 0.0262. The number of carbonyl (C=O) groups is 2. The molecule has 0 atom stereocenters. The maximum atomic E-state index is 15.1. The summed E-state index contributed by atoms with van der Waals surface area (Å²) >= 11 is 0. The van der Waals surface area contributed by atoms with Gasteiger partial charge in [0.15, 0.2) is 5.82 Å². The number of benzene rings is 1. The summed E-state index contributed by atoms with van der Waals surface area (Å²) in [5.74, 6) is -6.03. The minimum Gasteiger partial charge on any atom is -0.495 e. The standard InChI is InChI=1S/C25H32F3N7O3/c1-14(2)35-13-25(27,28)23(37)34(4)19-12-29-24(32-21(19)35)31-18-11-17(26)16(10-20(18)38-5)22(36)30-15-6-8-33(3)9-7-15/h10-12,14-15H,6-9,13H2,1-5H3,(H,30,36)(H,29,31,32). The molecule has 10 nitrogen and oxygen atoms in total. The molecule has 0 spiro atoms. The third-order valence-corrected chi connectivity index (χ3v) is 6.83. The Bertz CT molecular complexity index is 1220. The lowest BCUT2D eigenvalue weighted by molar-refractivity contribution is -0.140. The fourth-order valence-corrected chi connectivity index (χ4v) is 4.54. The van der Waals surface area contributed by atoms with Crippen LogP contribution in [0.5, 0.6) is 5.75 Å². The maximum absolute atomic E-state index is 15.1. The van der Waals surface area contributed by atoms with Crippen molar-refractivity contribution in [1.29, 1.82) is 0 Å². The summed E-state index contributed by atoms with van der Waals surface area (Å²) in [4.78, 5) is 37.9. The number of ether oxygens (including phenoxy) is 1. The number of piperidine rings is 1. The van der Waals surface area contributed by atoms with E-state index in [0.717, 1.165) is 36.9 Å². The molecule has 2 aliphatic heterocycles. The molecule has 1 fully saturated rings. The van der Waals surface area contributed by atoms with Gasteiger partial charge in [0.25, 0.3) is 11.8 Å². The van der Waals surface area contributed by atoms with Gasteiger partial charge >= 0.3 is 5.92 Å². The highest BCUT2D eigenvalue weighted by Crippen LogP contribution is 2.37. The van der Waals surface area contributed by atoms with E-state index in [-0.39, 0.29) is 40.5 Å². The first-order valence-electron chi connectivity index (χ1n) is 12.3. The average Bonchev–Trinajstić information content (AvgIpc) is 2.94. The Hall–Kier alpha value is -3.61. The Morgan fingerprint density at radius 1 is 1.21 bits per heavy atom. The van der Waals surface area contributed by atoms with Crippen LogP contribution in [-0.2, 0) is 4.79 Å². The molecule has 0 saturated carbocycles. The van der Waals surface area contributed by atoms with Gasteiger partial charge in [-0.2, -0.15) is 13.8 Å². The number of halogens is 3. The van der Waals surface area contributed by atoms with Gasteiger partial charge in [0.05, 0.1) is 31.1 Å². The summed E-state index contributed by atoms with van der Waals surface area (Å²) in [6.45, 7) is 4.25. The van der Waals surface area contributed by atoms with Crippen molar-refractivity contribution in [2.24, 2.45) is 0 Å². The number of hydrogen-bond acceptors (Lipinski definition) is 8. The Labute approximate surface area is 219 Å². The molecule has 2 aliphatic rings. The molecule has 0 unspecified atom stereocenters. The van der Waals surface area contributed by atoms with Crippen LogP contribution >= 0.6 is 0 Å². The lowest BCUT2D eigenvalue weighted by atomic mass is 10.0. The minimum atomic E-state index is -3.62. The lowest BCUT2D eigenvalue weighted by Crippen LogP contribution is -2.47. The van der Waals surface area contributed by atoms with Gasteiger partial charge in [-0.05, 0) is 52.9 Å². The summed E-state index contributed by atoms with van der Waals surface area (Å²) < 4.78 is 49.6. The Balaban J connectivity index is 1.61. The van der Waals surface area contributed by atoms with Crippen LogP contribution < -0.4 is 25.2 Å². The number of carbonyl (C=O) groups excluding carboxylic acids is 2. The zero-order valence-corrected chi connectivity index (χ0v) is 22.0. The number of aromatic nitrogens is 2. The van der Waals surface area contributed by atoms with Crippen LogP contribution in [0, 0.1) is 5.82 Å². The van der Waals surface area contributed by atoms with Crippen LogP contribution in [0.3, 0.4) is 0 Å². The van der Waals surface area contributed by atoms with Gasteiger partial charge in [-0.25, -0.2) is 9.37 Å². The largest absolute Gasteiger partial charge is 0.495 e. The zero-order chi connectivity index (χ0) is 27.8. The van der Waals surface area contributed by atoms with Crippen LogP contribution in [0.25, 0.3) is 0 Å². The molecule has 3 heterocycles. The van der Waals surface area contributed by atoms with Crippen LogP contribution in [0.1, 0.15) is 37.0 Å². The number of fused-ring (bicyclic) bond motifs is 1. The normalized spacial score (nSPS) is 18.3. The number of methoxy groups -OCH3 is 1. The number of amides is 2. The molecule has 2 aromatic rings. The van der Waals surface area contributed by atoms with E-state index in [0.29, 0.717) is 0 Å². The van der Waals surface area contributed by atoms with Crippen molar-refractivity contribution in [3.8, 4) is 5.75 Å². The van der Waals surface area contributed by atoms with Gasteiger partial charge in [0.2, 0.25) is 5.95 Å². The lowest BCUT2D eigenvalue weighted by Gasteiger charge is -2.29. The molecule has 2 amide bonds. The second kappa shape index (κ2) is 10.6. The quantitative estimate of drug-likeness (QED) is 0.582. The smallest absolute Gasteiger partial charge is 0.342 e. The molecule has 4 rings (SSSR count). The molecule has 206 valence electrons. The number of anilines is 4. The second-order valence-corrected chi connectivity index (χ2v) is 9.90. The SMILES string of the molecule is COc1cc(C(=O)NC2CCN(C)CC2)c(F)cc1Nc1ncc2c(n1)N(C(C)C)CC(F)(F)C(=O)N2C. The fraction of sp³-hybridized carbons (Fsp3) is 0.520. The van der Waals surface area contributed by atoms with Gasteiger partial charge in [-0.3, -0.25) is 9.59 Å². The number of hydrogen-bond donors (Lipinski definition) is 2. The van der Waals surface area contributed by atoms with E-state index in [1.807, 2.05) is 7.05 Å². The average molecular weight is 536 g/mol. The highest BCUT2D eigenvalue weighted by molar-refractivity contribution is 6.02. The Morgan fingerprint density at radius 3 is 2.53 bits per heavy atom.